The van der Waals surface area contributed by atoms with Crippen molar-refractivity contribution in [1.82, 2.24) is 10.2 Å². The molecule has 0 spiro atoms. The zero-order valence-electron chi connectivity index (χ0n) is 18.7. The number of carboxylic acid groups (broad SMARTS) is 1. The number of aliphatic carboxylic acids is 1. The number of benzene rings is 2. The van der Waals surface area contributed by atoms with Crippen LogP contribution in [0.15, 0.2) is 48.5 Å². The Kier molecular flexibility index (Phi) is 7.51. The molecule has 0 aromatic heterocycles. The fraction of sp³-hybridized carbons (Fsp3) is 0.400. The normalized spacial score (nSPS) is 14.1. The minimum Gasteiger partial charge on any atom is -0.481 e. The molecule has 1 aliphatic rings. The van der Waals surface area contributed by atoms with Gasteiger partial charge in [-0.2, -0.15) is 0 Å². The molecule has 2 amide bonds. The molecule has 0 fully saturated rings. The lowest BCUT2D eigenvalue weighted by Crippen LogP contribution is -2.51. The van der Waals surface area contributed by atoms with Crippen LogP contribution in [0.5, 0.6) is 0 Å². The predicted octanol–water partition coefficient (Wildman–Crippen LogP) is 3.87. The summed E-state index contributed by atoms with van der Waals surface area (Å²) in [5.41, 5.74) is 4.52. The Morgan fingerprint density at radius 1 is 1.06 bits per heavy atom. The fourth-order valence-electron chi connectivity index (χ4n) is 4.06. The van der Waals surface area contributed by atoms with E-state index in [0.717, 1.165) is 22.3 Å². The Bertz CT molecular complexity index is 944. The summed E-state index contributed by atoms with van der Waals surface area (Å²) in [4.78, 5) is 37.7. The summed E-state index contributed by atoms with van der Waals surface area (Å²) >= 11 is 0. The highest BCUT2D eigenvalue weighted by Crippen LogP contribution is 2.44. The maximum Gasteiger partial charge on any atom is 0.407 e. The van der Waals surface area contributed by atoms with E-state index in [9.17, 15) is 14.4 Å². The summed E-state index contributed by atoms with van der Waals surface area (Å²) in [5, 5.41) is 11.6. The number of fused-ring (bicyclic) bond motifs is 3. The number of ether oxygens (including phenoxy) is 1. The van der Waals surface area contributed by atoms with Gasteiger partial charge in [-0.05, 0) is 28.2 Å². The number of nitrogens with zero attached hydrogens (tertiary/aromatic N) is 1. The molecule has 0 saturated heterocycles. The number of nitrogens with one attached hydrogen (secondary N) is 1. The second-order valence-corrected chi connectivity index (χ2v) is 8.24. The van der Waals surface area contributed by atoms with E-state index in [2.05, 4.69) is 17.4 Å². The van der Waals surface area contributed by atoms with Gasteiger partial charge in [-0.15, -0.1) is 0 Å². The van der Waals surface area contributed by atoms with Crippen LogP contribution in [0.4, 0.5) is 4.79 Å². The van der Waals surface area contributed by atoms with Crippen LogP contribution in [0.2, 0.25) is 0 Å². The molecule has 32 heavy (non-hydrogen) atoms. The van der Waals surface area contributed by atoms with Crippen molar-refractivity contribution in [3.63, 3.8) is 0 Å². The maximum absolute atomic E-state index is 12.8. The van der Waals surface area contributed by atoms with E-state index >= 15 is 0 Å². The van der Waals surface area contributed by atoms with Crippen molar-refractivity contribution in [2.24, 2.45) is 5.92 Å². The first-order valence-electron chi connectivity index (χ1n) is 10.9. The van der Waals surface area contributed by atoms with Gasteiger partial charge in [-0.25, -0.2) is 4.79 Å². The number of carboxylic acids is 1. The van der Waals surface area contributed by atoms with E-state index in [1.165, 1.54) is 4.90 Å². The van der Waals surface area contributed by atoms with Crippen LogP contribution in [-0.2, 0) is 14.3 Å². The molecule has 170 valence electrons. The summed E-state index contributed by atoms with van der Waals surface area (Å²) in [6.45, 7) is 4.04. The second kappa shape index (κ2) is 10.3. The summed E-state index contributed by atoms with van der Waals surface area (Å²) in [7, 11) is 1.54. The smallest absolute Gasteiger partial charge is 0.407 e. The van der Waals surface area contributed by atoms with Gasteiger partial charge >= 0.3 is 12.1 Å². The van der Waals surface area contributed by atoms with Gasteiger partial charge in [0.15, 0.2) is 0 Å². The SMILES string of the molecule is CCC(C)[C@H](NC(=O)OCC1c2ccccc2-c2ccccc21)C(=O)N(C)CCC(=O)O. The largest absolute Gasteiger partial charge is 0.481 e. The third kappa shape index (κ3) is 5.10. The molecule has 2 N–H and O–H groups in total. The van der Waals surface area contributed by atoms with Gasteiger partial charge in [0.1, 0.15) is 12.6 Å². The molecule has 7 heteroatoms. The van der Waals surface area contributed by atoms with Gasteiger partial charge in [0, 0.05) is 19.5 Å². The van der Waals surface area contributed by atoms with Crippen molar-refractivity contribution >= 4 is 18.0 Å². The van der Waals surface area contributed by atoms with Crippen LogP contribution in [0, 0.1) is 5.92 Å². The Morgan fingerprint density at radius 2 is 1.62 bits per heavy atom. The van der Waals surface area contributed by atoms with Crippen LogP contribution in [0.25, 0.3) is 11.1 Å². The molecule has 2 aromatic carbocycles. The molecule has 0 heterocycles. The number of hydrogen-bond acceptors (Lipinski definition) is 4. The van der Waals surface area contributed by atoms with Crippen molar-refractivity contribution in [3.05, 3.63) is 59.7 Å². The quantitative estimate of drug-likeness (QED) is 0.620. The van der Waals surface area contributed by atoms with Crippen LogP contribution >= 0.6 is 0 Å². The Balaban J connectivity index is 1.67. The van der Waals surface area contributed by atoms with E-state index in [-0.39, 0.29) is 37.3 Å². The number of hydrogen-bond donors (Lipinski definition) is 2. The number of likely N-dealkylation sites (N-methyl/N-ethyl adjacent to an activating group) is 1. The highest BCUT2D eigenvalue weighted by Gasteiger charge is 2.31. The zero-order valence-corrected chi connectivity index (χ0v) is 18.7. The molecular weight excluding hydrogens is 408 g/mol. The first kappa shape index (κ1) is 23.3. The number of alkyl carbamates (subject to hydrolysis) is 1. The number of amides is 2. The molecule has 2 aromatic rings. The number of rotatable bonds is 9. The number of carbonyl (C=O) groups is 3. The van der Waals surface area contributed by atoms with Crippen LogP contribution in [0.1, 0.15) is 43.7 Å². The van der Waals surface area contributed by atoms with Gasteiger partial charge in [0.25, 0.3) is 0 Å². The van der Waals surface area contributed by atoms with Crippen LogP contribution < -0.4 is 5.32 Å². The van der Waals surface area contributed by atoms with Crippen LogP contribution in [-0.4, -0.2) is 54.2 Å². The molecule has 1 unspecified atom stereocenters. The van der Waals surface area contributed by atoms with Crippen molar-refractivity contribution in [2.75, 3.05) is 20.2 Å². The van der Waals surface area contributed by atoms with Crippen molar-refractivity contribution < 1.29 is 24.2 Å². The van der Waals surface area contributed by atoms with Gasteiger partial charge in [0.05, 0.1) is 6.42 Å². The highest BCUT2D eigenvalue weighted by molar-refractivity contribution is 5.86. The second-order valence-electron chi connectivity index (χ2n) is 8.24. The maximum atomic E-state index is 12.8. The van der Waals surface area contributed by atoms with Crippen molar-refractivity contribution in [2.45, 2.75) is 38.6 Å². The highest BCUT2D eigenvalue weighted by atomic mass is 16.5. The molecule has 2 atom stereocenters. The summed E-state index contributed by atoms with van der Waals surface area (Å²) < 4.78 is 5.58. The Morgan fingerprint density at radius 3 is 2.16 bits per heavy atom. The Hall–Kier alpha value is -3.35. The van der Waals surface area contributed by atoms with Gasteiger partial charge in [0.2, 0.25) is 5.91 Å². The van der Waals surface area contributed by atoms with E-state index in [1.54, 1.807) is 7.05 Å². The minimum absolute atomic E-state index is 0.0656. The molecule has 3 rings (SSSR count). The molecule has 0 radical (unpaired) electrons. The molecule has 1 aliphatic carbocycles. The standard InChI is InChI=1S/C25H30N2O5/c1-4-16(2)23(24(30)27(3)14-13-22(28)29)26-25(31)32-15-21-19-11-7-5-9-17(19)18-10-6-8-12-20(18)21/h5-12,16,21,23H,4,13-15H2,1-3H3,(H,26,31)(H,28,29)/t16?,23-/m0/s1. The first-order chi connectivity index (χ1) is 15.3. The lowest BCUT2D eigenvalue weighted by Gasteiger charge is -2.28. The lowest BCUT2D eigenvalue weighted by atomic mass is 9.97. The van der Waals surface area contributed by atoms with Crippen molar-refractivity contribution in [1.29, 1.82) is 0 Å². The summed E-state index contributed by atoms with van der Waals surface area (Å²) in [6.07, 6.45) is -0.134. The van der Waals surface area contributed by atoms with E-state index in [4.69, 9.17) is 9.84 Å². The topological polar surface area (TPSA) is 95.9 Å². The van der Waals surface area contributed by atoms with Gasteiger partial charge in [-0.3, -0.25) is 9.59 Å². The number of carbonyl (C=O) groups excluding carboxylic acids is 2. The van der Waals surface area contributed by atoms with Gasteiger partial charge < -0.3 is 20.1 Å². The molecular formula is C25H30N2O5. The third-order valence-corrected chi connectivity index (χ3v) is 6.13. The van der Waals surface area contributed by atoms with E-state index < -0.39 is 18.1 Å². The fourth-order valence-corrected chi connectivity index (χ4v) is 4.06. The molecule has 0 saturated carbocycles. The average Bonchev–Trinajstić information content (AvgIpc) is 3.12. The summed E-state index contributed by atoms with van der Waals surface area (Å²) in [5.74, 6) is -1.50. The zero-order chi connectivity index (χ0) is 23.3. The summed E-state index contributed by atoms with van der Waals surface area (Å²) in [6, 6.07) is 15.4. The molecule has 0 bridgehead atoms. The average molecular weight is 439 g/mol. The predicted molar refractivity (Wildman–Crippen MR) is 121 cm³/mol. The van der Waals surface area contributed by atoms with E-state index in [1.807, 2.05) is 50.2 Å². The molecule has 7 nitrogen and oxygen atoms in total. The third-order valence-electron chi connectivity index (χ3n) is 6.13. The molecule has 0 aliphatic heterocycles. The lowest BCUT2D eigenvalue weighted by molar-refractivity contribution is -0.138. The Labute approximate surface area is 188 Å². The van der Waals surface area contributed by atoms with Crippen LogP contribution in [0.3, 0.4) is 0 Å². The van der Waals surface area contributed by atoms with Gasteiger partial charge in [-0.1, -0.05) is 68.8 Å². The van der Waals surface area contributed by atoms with E-state index in [0.29, 0.717) is 6.42 Å². The minimum atomic E-state index is -0.978. The monoisotopic (exact) mass is 438 g/mol. The first-order valence-corrected chi connectivity index (χ1v) is 10.9. The van der Waals surface area contributed by atoms with Crippen molar-refractivity contribution in [3.8, 4) is 11.1 Å².